The Morgan fingerprint density at radius 3 is 2.28 bits per heavy atom. The Balaban J connectivity index is 1.92. The first kappa shape index (κ1) is 18.6. The molecule has 4 nitrogen and oxygen atoms in total. The van der Waals surface area contributed by atoms with Crippen molar-refractivity contribution in [2.24, 2.45) is 0 Å². The normalized spacial score (nSPS) is 11.1. The Kier molecular flexibility index (Phi) is 5.16. The molecule has 0 amide bonds. The highest BCUT2D eigenvalue weighted by molar-refractivity contribution is 5.96. The topological polar surface area (TPSA) is 50.0 Å². The van der Waals surface area contributed by atoms with Crippen LogP contribution in [0.5, 0.6) is 17.2 Å². The number of aromatic hydroxyl groups is 1. The zero-order valence-electron chi connectivity index (χ0n) is 16.3. The molecule has 4 rings (SSSR count). The lowest BCUT2D eigenvalue weighted by molar-refractivity contribution is 0.396. The van der Waals surface area contributed by atoms with E-state index in [4.69, 9.17) is 13.9 Å². The van der Waals surface area contributed by atoms with Gasteiger partial charge in [-0.2, -0.15) is 0 Å². The predicted molar refractivity (Wildman–Crippen MR) is 116 cm³/mol. The monoisotopic (exact) mass is 385 g/mol. The molecule has 4 aromatic rings. The van der Waals surface area contributed by atoms with Crippen LogP contribution in [-0.4, -0.2) is 19.3 Å². The third kappa shape index (κ3) is 3.92. The fourth-order valence-electron chi connectivity index (χ4n) is 3.22. The van der Waals surface area contributed by atoms with E-state index in [-0.39, 0.29) is 5.75 Å². The Hall–Kier alpha value is -3.79. The number of fused-ring (bicyclic) bond motifs is 1. The molecule has 0 spiro atoms. The van der Waals surface area contributed by atoms with Crippen LogP contribution >= 0.6 is 0 Å². The molecule has 0 aliphatic carbocycles. The second kappa shape index (κ2) is 8.07. The van der Waals surface area contributed by atoms with Crippen molar-refractivity contribution in [1.29, 1.82) is 0 Å². The molecule has 0 radical (unpaired) electrons. The second-order valence-electron chi connectivity index (χ2n) is 6.56. The third-order valence-corrected chi connectivity index (χ3v) is 4.70. The number of rotatable bonds is 5. The summed E-state index contributed by atoms with van der Waals surface area (Å²) in [4.78, 5) is 0. The molecule has 0 aliphatic heterocycles. The summed E-state index contributed by atoms with van der Waals surface area (Å²) in [6.45, 7) is 0. The Bertz CT molecular complexity index is 1160. The molecular formula is C25H21O4+. The van der Waals surface area contributed by atoms with E-state index < -0.39 is 0 Å². The highest BCUT2D eigenvalue weighted by Gasteiger charge is 2.22. The summed E-state index contributed by atoms with van der Waals surface area (Å²) < 4.78 is 17.2. The van der Waals surface area contributed by atoms with Gasteiger partial charge >= 0.3 is 11.3 Å². The molecule has 3 aromatic carbocycles. The number of phenolic OH excluding ortho intramolecular Hbond substituents is 1. The smallest absolute Gasteiger partial charge is 0.368 e. The number of phenols is 1. The maximum Gasteiger partial charge on any atom is 0.368 e. The van der Waals surface area contributed by atoms with Gasteiger partial charge in [-0.1, -0.05) is 42.5 Å². The van der Waals surface area contributed by atoms with Crippen LogP contribution in [0, 0.1) is 0 Å². The molecule has 0 bridgehead atoms. The molecular weight excluding hydrogens is 364 g/mol. The average molecular weight is 385 g/mol. The summed E-state index contributed by atoms with van der Waals surface area (Å²) in [5, 5.41) is 10.4. The first-order valence-electron chi connectivity index (χ1n) is 9.23. The summed E-state index contributed by atoms with van der Waals surface area (Å²) in [5.41, 5.74) is 3.59. The van der Waals surface area contributed by atoms with Gasteiger partial charge in [0.2, 0.25) is 0 Å². The molecule has 0 atom stereocenters. The summed E-state index contributed by atoms with van der Waals surface area (Å²) >= 11 is 0. The summed E-state index contributed by atoms with van der Waals surface area (Å²) in [5.74, 6) is 2.33. The Labute approximate surface area is 169 Å². The van der Waals surface area contributed by atoms with E-state index >= 15 is 0 Å². The minimum absolute atomic E-state index is 0.242. The van der Waals surface area contributed by atoms with Crippen molar-refractivity contribution in [2.45, 2.75) is 0 Å². The molecule has 0 unspecified atom stereocenters. The van der Waals surface area contributed by atoms with Gasteiger partial charge in [-0.25, -0.2) is 4.42 Å². The molecule has 0 saturated carbocycles. The minimum atomic E-state index is 0.242. The van der Waals surface area contributed by atoms with E-state index in [0.717, 1.165) is 27.8 Å². The number of benzene rings is 3. The van der Waals surface area contributed by atoms with Crippen molar-refractivity contribution in [3.05, 3.63) is 83.9 Å². The lowest BCUT2D eigenvalue weighted by Crippen LogP contribution is -1.92. The average Bonchev–Trinajstić information content (AvgIpc) is 2.78. The van der Waals surface area contributed by atoms with Crippen LogP contribution in [0.2, 0.25) is 0 Å². The highest BCUT2D eigenvalue weighted by Crippen LogP contribution is 2.37. The van der Waals surface area contributed by atoms with Crippen molar-refractivity contribution in [1.82, 2.24) is 0 Å². The molecule has 1 aromatic heterocycles. The van der Waals surface area contributed by atoms with Crippen LogP contribution in [0.3, 0.4) is 0 Å². The van der Waals surface area contributed by atoms with Crippen LogP contribution in [0.4, 0.5) is 0 Å². The molecule has 4 heteroatoms. The largest absolute Gasteiger partial charge is 0.508 e. The van der Waals surface area contributed by atoms with E-state index in [1.165, 1.54) is 0 Å². The Morgan fingerprint density at radius 1 is 0.828 bits per heavy atom. The quantitative estimate of drug-likeness (QED) is 0.411. The van der Waals surface area contributed by atoms with Gasteiger partial charge in [-0.05, 0) is 29.8 Å². The number of hydrogen-bond acceptors (Lipinski definition) is 3. The molecule has 144 valence electrons. The van der Waals surface area contributed by atoms with Crippen LogP contribution < -0.4 is 9.47 Å². The molecule has 0 fully saturated rings. The summed E-state index contributed by atoms with van der Waals surface area (Å²) in [6.07, 6.45) is 4.01. The predicted octanol–water partition coefficient (Wildman–Crippen LogP) is 6.27. The maximum atomic E-state index is 9.50. The van der Waals surface area contributed by atoms with E-state index in [1.54, 1.807) is 26.4 Å². The van der Waals surface area contributed by atoms with Crippen LogP contribution in [0.1, 0.15) is 11.1 Å². The van der Waals surface area contributed by atoms with Crippen LogP contribution in [-0.2, 0) is 0 Å². The van der Waals surface area contributed by atoms with Gasteiger partial charge in [-0.15, -0.1) is 0 Å². The van der Waals surface area contributed by atoms with E-state index in [1.807, 2.05) is 72.8 Å². The number of hydrogen-bond donors (Lipinski definition) is 1. The van der Waals surface area contributed by atoms with Gasteiger partial charge in [0.05, 0.1) is 31.9 Å². The van der Waals surface area contributed by atoms with Crippen molar-refractivity contribution in [2.75, 3.05) is 14.2 Å². The molecule has 0 saturated heterocycles. The first-order valence-corrected chi connectivity index (χ1v) is 9.23. The molecule has 0 aliphatic rings. The fourth-order valence-corrected chi connectivity index (χ4v) is 3.22. The van der Waals surface area contributed by atoms with Crippen LogP contribution in [0.25, 0.3) is 34.4 Å². The van der Waals surface area contributed by atoms with Gasteiger partial charge < -0.3 is 14.6 Å². The fraction of sp³-hybridized carbons (Fsp3) is 0.0800. The van der Waals surface area contributed by atoms with Gasteiger partial charge in [0.25, 0.3) is 0 Å². The van der Waals surface area contributed by atoms with Crippen molar-refractivity contribution >= 4 is 23.1 Å². The summed E-state index contributed by atoms with van der Waals surface area (Å²) in [6, 6.07) is 22.7. The van der Waals surface area contributed by atoms with E-state index in [0.29, 0.717) is 17.1 Å². The Morgan fingerprint density at radius 2 is 1.59 bits per heavy atom. The van der Waals surface area contributed by atoms with Gasteiger partial charge in [0, 0.05) is 11.6 Å². The lowest BCUT2D eigenvalue weighted by atomic mass is 10.0. The van der Waals surface area contributed by atoms with Gasteiger partial charge in [0.15, 0.2) is 0 Å². The molecule has 29 heavy (non-hydrogen) atoms. The molecule has 1 N–H and O–H groups in total. The lowest BCUT2D eigenvalue weighted by Gasteiger charge is -2.07. The van der Waals surface area contributed by atoms with E-state index in [9.17, 15) is 5.11 Å². The summed E-state index contributed by atoms with van der Waals surface area (Å²) in [7, 11) is 3.25. The van der Waals surface area contributed by atoms with E-state index in [2.05, 4.69) is 0 Å². The van der Waals surface area contributed by atoms with Crippen molar-refractivity contribution < 1.29 is 19.0 Å². The number of ether oxygens (including phenoxy) is 2. The molecule has 1 heterocycles. The zero-order valence-corrected chi connectivity index (χ0v) is 16.3. The van der Waals surface area contributed by atoms with Gasteiger partial charge in [0.1, 0.15) is 22.6 Å². The standard InChI is InChI=1S/C25H20O4/c1-27-21-15-23(28-2)25-19(11-8-17-9-12-20(26)13-10-17)14-22(29-24(25)16-21)18-6-4-3-5-7-18/h3-16H,1-2H3/p+1/b11-8+. The maximum absolute atomic E-state index is 9.50. The zero-order chi connectivity index (χ0) is 20.2. The first-order chi connectivity index (χ1) is 14.2. The third-order valence-electron chi connectivity index (χ3n) is 4.70. The SMILES string of the molecule is COc1cc(OC)c2c(/C=C/c3ccc(O)cc3)cc(-c3ccccc3)[o+]c2c1. The van der Waals surface area contributed by atoms with Crippen molar-refractivity contribution in [3.63, 3.8) is 0 Å². The highest BCUT2D eigenvalue weighted by atomic mass is 16.5. The van der Waals surface area contributed by atoms with Crippen LogP contribution in [0.15, 0.2) is 77.2 Å². The number of methoxy groups -OCH3 is 2. The van der Waals surface area contributed by atoms with Crippen molar-refractivity contribution in [3.8, 4) is 28.6 Å². The van der Waals surface area contributed by atoms with Gasteiger partial charge in [-0.3, -0.25) is 0 Å². The minimum Gasteiger partial charge on any atom is -0.508 e. The second-order valence-corrected chi connectivity index (χ2v) is 6.56.